The summed E-state index contributed by atoms with van der Waals surface area (Å²) in [5.41, 5.74) is 5.53. The molecule has 1 aliphatic heterocycles. The molecule has 0 atom stereocenters. The number of allylic oxidation sites excluding steroid dienone is 4. The molecule has 3 aliphatic rings. The van der Waals surface area contributed by atoms with Gasteiger partial charge in [0, 0.05) is 48.6 Å². The molecule has 214 valence electrons. The van der Waals surface area contributed by atoms with Crippen molar-refractivity contribution in [3.05, 3.63) is 71.5 Å². The Morgan fingerprint density at radius 1 is 1.15 bits per heavy atom. The smallest absolute Gasteiger partial charge is 0.405 e. The van der Waals surface area contributed by atoms with Gasteiger partial charge in [-0.05, 0) is 49.6 Å². The molecule has 9 nitrogen and oxygen atoms in total. The van der Waals surface area contributed by atoms with Gasteiger partial charge in [-0.25, -0.2) is 9.98 Å². The zero-order valence-corrected chi connectivity index (χ0v) is 22.9. The van der Waals surface area contributed by atoms with Crippen LogP contribution >= 0.6 is 11.3 Å². The highest BCUT2D eigenvalue weighted by molar-refractivity contribution is 7.19. The average molecular weight is 585 g/mol. The predicted molar refractivity (Wildman–Crippen MR) is 151 cm³/mol. The fourth-order valence-corrected chi connectivity index (χ4v) is 4.98. The maximum absolute atomic E-state index is 12.4. The van der Waals surface area contributed by atoms with E-state index >= 15 is 0 Å². The zero-order valence-electron chi connectivity index (χ0n) is 22.0. The molecular formula is C28H27F3N6O3S. The Bertz CT molecular complexity index is 1500. The minimum Gasteiger partial charge on any atom is -0.405 e. The fraction of sp³-hybridized carbons (Fsp3) is 0.321. The number of hydrogen-bond donors (Lipinski definition) is 3. The van der Waals surface area contributed by atoms with E-state index in [1.165, 1.54) is 23.5 Å². The van der Waals surface area contributed by atoms with Gasteiger partial charge in [0.2, 0.25) is 5.91 Å². The third-order valence-electron chi connectivity index (χ3n) is 6.40. The Morgan fingerprint density at radius 3 is 2.73 bits per heavy atom. The maximum Gasteiger partial charge on any atom is 0.573 e. The van der Waals surface area contributed by atoms with Crippen LogP contribution in [-0.2, 0) is 20.7 Å². The number of nitrogens with zero attached hydrogens (tertiary/aromatic N) is 3. The first-order valence-electron chi connectivity index (χ1n) is 12.9. The molecule has 0 spiro atoms. The van der Waals surface area contributed by atoms with Gasteiger partial charge in [0.05, 0.1) is 18.8 Å². The SMILES string of the molecule is CN(C1=Nc2sc(NC(=O)C3CC3)nc2CC1)c1cccc(NCC(=O)CNC2=CC=C(OC(F)(F)F)C=C=C2)c1. The number of hydrogen-bond acceptors (Lipinski definition) is 9. The number of anilines is 3. The number of alkyl halides is 3. The summed E-state index contributed by atoms with van der Waals surface area (Å²) in [6.45, 7) is 0.0167. The topological polar surface area (TPSA) is 108 Å². The molecule has 5 rings (SSSR count). The van der Waals surface area contributed by atoms with E-state index in [4.69, 9.17) is 4.99 Å². The number of ketones is 1. The van der Waals surface area contributed by atoms with E-state index in [-0.39, 0.29) is 30.7 Å². The van der Waals surface area contributed by atoms with Crippen LogP contribution in [0.1, 0.15) is 25.0 Å². The van der Waals surface area contributed by atoms with E-state index < -0.39 is 12.1 Å². The van der Waals surface area contributed by atoms with Gasteiger partial charge >= 0.3 is 6.36 Å². The number of aliphatic imine (C=N–C) groups is 1. The molecule has 2 aromatic rings. The van der Waals surface area contributed by atoms with Crippen molar-refractivity contribution in [1.29, 1.82) is 0 Å². The molecule has 41 heavy (non-hydrogen) atoms. The minimum absolute atomic E-state index is 0.0252. The van der Waals surface area contributed by atoms with Crippen molar-refractivity contribution in [2.45, 2.75) is 32.0 Å². The van der Waals surface area contributed by atoms with Crippen LogP contribution in [-0.4, -0.2) is 49.0 Å². The number of carbonyl (C=O) groups excluding carboxylic acids is 2. The van der Waals surface area contributed by atoms with Crippen LogP contribution in [0.15, 0.2) is 70.7 Å². The summed E-state index contributed by atoms with van der Waals surface area (Å²) in [6.07, 6.45) is 3.51. The monoisotopic (exact) mass is 584 g/mol. The fourth-order valence-electron chi connectivity index (χ4n) is 4.07. The normalized spacial score (nSPS) is 16.0. The molecule has 1 saturated carbocycles. The molecule has 0 unspecified atom stereocenters. The van der Waals surface area contributed by atoms with Gasteiger partial charge in [-0.2, -0.15) is 0 Å². The number of halogens is 3. The first kappa shape index (κ1) is 28.2. The van der Waals surface area contributed by atoms with Crippen LogP contribution in [0.4, 0.5) is 34.7 Å². The average Bonchev–Trinajstić information content (AvgIpc) is 3.74. The summed E-state index contributed by atoms with van der Waals surface area (Å²) in [7, 11) is 1.93. The number of fused-ring (bicyclic) bond motifs is 1. The lowest BCUT2D eigenvalue weighted by atomic mass is 10.1. The first-order chi connectivity index (χ1) is 19.6. The Hall–Kier alpha value is -4.35. The highest BCUT2D eigenvalue weighted by Crippen LogP contribution is 2.37. The number of rotatable bonds is 10. The van der Waals surface area contributed by atoms with Gasteiger partial charge in [0.1, 0.15) is 16.6 Å². The quantitative estimate of drug-likeness (QED) is 0.330. The van der Waals surface area contributed by atoms with Crippen LogP contribution in [0.3, 0.4) is 0 Å². The summed E-state index contributed by atoms with van der Waals surface area (Å²) in [5, 5.41) is 10.3. The van der Waals surface area contributed by atoms with E-state index in [2.05, 4.69) is 31.4 Å². The van der Waals surface area contributed by atoms with Gasteiger partial charge < -0.3 is 25.6 Å². The number of thiazole rings is 1. The van der Waals surface area contributed by atoms with Crippen molar-refractivity contribution < 1.29 is 27.5 Å². The van der Waals surface area contributed by atoms with E-state index in [1.807, 2.05) is 36.2 Å². The highest BCUT2D eigenvalue weighted by Gasteiger charge is 2.32. The summed E-state index contributed by atoms with van der Waals surface area (Å²) in [5.74, 6) is 0.448. The number of aromatic nitrogens is 1. The molecule has 1 aromatic carbocycles. The summed E-state index contributed by atoms with van der Waals surface area (Å²) in [6, 6.07) is 7.60. The van der Waals surface area contributed by atoms with Gasteiger partial charge in [-0.1, -0.05) is 17.4 Å². The zero-order chi connectivity index (χ0) is 29.0. The molecule has 3 N–H and O–H groups in total. The van der Waals surface area contributed by atoms with E-state index in [0.29, 0.717) is 17.2 Å². The molecule has 2 aliphatic carbocycles. The van der Waals surface area contributed by atoms with Crippen molar-refractivity contribution in [3.63, 3.8) is 0 Å². The van der Waals surface area contributed by atoms with Crippen molar-refractivity contribution in [2.75, 3.05) is 35.7 Å². The third-order valence-corrected chi connectivity index (χ3v) is 7.30. The second-order valence-electron chi connectivity index (χ2n) is 9.61. The molecular weight excluding hydrogens is 557 g/mol. The second kappa shape index (κ2) is 12.0. The standard InChI is InChI=1S/C28H27F3N6O3S/c1-37(24-13-12-23-26(35-24)41-27(34-23)36-25(39)17-8-9-17)20-6-2-5-19(14-20)33-16-21(38)15-32-18-4-3-7-22(11-10-18)40-28(29,30)31/h2,4-7,10-11,14,17,32-33H,8-9,12-13,15-16H2,1H3,(H,34,36,39). The molecule has 0 saturated heterocycles. The highest BCUT2D eigenvalue weighted by atomic mass is 32.1. The molecule has 2 heterocycles. The molecule has 1 aromatic heterocycles. The van der Waals surface area contributed by atoms with Crippen molar-refractivity contribution >= 4 is 50.4 Å². The van der Waals surface area contributed by atoms with Gasteiger partial charge in [0.15, 0.2) is 10.9 Å². The first-order valence-corrected chi connectivity index (χ1v) is 13.8. The van der Waals surface area contributed by atoms with E-state index in [1.54, 1.807) is 0 Å². The van der Waals surface area contributed by atoms with Gasteiger partial charge in [-0.3, -0.25) is 9.59 Å². The number of nitrogens with one attached hydrogen (secondary N) is 3. The largest absolute Gasteiger partial charge is 0.573 e. The number of ether oxygens (including phenoxy) is 1. The molecule has 1 fully saturated rings. The molecule has 0 bridgehead atoms. The lowest BCUT2D eigenvalue weighted by Crippen LogP contribution is -2.28. The summed E-state index contributed by atoms with van der Waals surface area (Å²) < 4.78 is 41.0. The second-order valence-corrected chi connectivity index (χ2v) is 10.6. The Kier molecular flexibility index (Phi) is 8.27. The van der Waals surface area contributed by atoms with Crippen LogP contribution < -0.4 is 20.9 Å². The lowest BCUT2D eigenvalue weighted by Gasteiger charge is -2.24. The van der Waals surface area contributed by atoms with Crippen molar-refractivity contribution in [2.24, 2.45) is 10.9 Å². The Labute approximate surface area is 238 Å². The number of aryl methyl sites for hydroxylation is 1. The van der Waals surface area contributed by atoms with Crippen LogP contribution in [0.25, 0.3) is 0 Å². The molecule has 13 heteroatoms. The third kappa shape index (κ3) is 7.86. The lowest BCUT2D eigenvalue weighted by molar-refractivity contribution is -0.303. The summed E-state index contributed by atoms with van der Waals surface area (Å²) in [4.78, 5) is 35.8. The number of Topliss-reactive ketones (excluding diaryl/α,β-unsaturated/α-hetero) is 1. The maximum atomic E-state index is 12.4. The van der Waals surface area contributed by atoms with Gasteiger partial charge in [-0.15, -0.1) is 18.9 Å². The van der Waals surface area contributed by atoms with E-state index in [0.717, 1.165) is 59.3 Å². The Balaban J connectivity index is 1.13. The van der Waals surface area contributed by atoms with E-state index in [9.17, 15) is 22.8 Å². The number of benzene rings is 1. The number of amides is 1. The number of amidine groups is 1. The Morgan fingerprint density at radius 2 is 1.95 bits per heavy atom. The van der Waals surface area contributed by atoms with Crippen LogP contribution in [0, 0.1) is 5.92 Å². The molecule has 0 radical (unpaired) electrons. The predicted octanol–water partition coefficient (Wildman–Crippen LogP) is 5.20. The van der Waals surface area contributed by atoms with Gasteiger partial charge in [0.25, 0.3) is 0 Å². The van der Waals surface area contributed by atoms with Crippen LogP contribution in [0.5, 0.6) is 0 Å². The van der Waals surface area contributed by atoms with Crippen molar-refractivity contribution in [3.8, 4) is 0 Å². The van der Waals surface area contributed by atoms with Crippen LogP contribution in [0.2, 0.25) is 0 Å². The molecule has 1 amide bonds. The number of carbonyl (C=O) groups is 2. The van der Waals surface area contributed by atoms with Crippen molar-refractivity contribution in [1.82, 2.24) is 10.3 Å². The minimum atomic E-state index is -4.79. The summed E-state index contributed by atoms with van der Waals surface area (Å²) >= 11 is 1.38.